The van der Waals surface area contributed by atoms with Gasteiger partial charge in [0.05, 0.1) is 12.5 Å². The van der Waals surface area contributed by atoms with Crippen LogP contribution in [0, 0.1) is 5.82 Å². The van der Waals surface area contributed by atoms with Gasteiger partial charge in [0.1, 0.15) is 18.2 Å². The topological polar surface area (TPSA) is 38.3 Å². The zero-order valence-corrected chi connectivity index (χ0v) is 10.8. The number of benzene rings is 2. The first kappa shape index (κ1) is 12.7. The number of nitrogens with one attached hydrogen (secondary N) is 1. The third-order valence-corrected chi connectivity index (χ3v) is 3.30. The molecule has 2 aromatic rings. The van der Waals surface area contributed by atoms with Crippen LogP contribution in [0.2, 0.25) is 0 Å². The summed E-state index contributed by atoms with van der Waals surface area (Å²) in [5, 5.41) is 2.88. The van der Waals surface area contributed by atoms with Crippen LogP contribution < -0.4 is 10.1 Å². The molecule has 1 amide bonds. The molecule has 1 heterocycles. The Kier molecular flexibility index (Phi) is 3.37. The van der Waals surface area contributed by atoms with Gasteiger partial charge >= 0.3 is 0 Å². The zero-order chi connectivity index (χ0) is 13.9. The molecule has 1 unspecified atom stereocenters. The van der Waals surface area contributed by atoms with E-state index in [0.29, 0.717) is 24.3 Å². The van der Waals surface area contributed by atoms with Gasteiger partial charge in [0.25, 0.3) is 0 Å². The summed E-state index contributed by atoms with van der Waals surface area (Å²) in [5.74, 6) is 0.217. The number of carbonyl (C=O) groups excluding carboxylic acids is 1. The van der Waals surface area contributed by atoms with Gasteiger partial charge in [0.15, 0.2) is 0 Å². The van der Waals surface area contributed by atoms with Crippen molar-refractivity contribution in [2.24, 2.45) is 0 Å². The van der Waals surface area contributed by atoms with Crippen molar-refractivity contribution in [1.82, 2.24) is 5.32 Å². The van der Waals surface area contributed by atoms with E-state index in [1.54, 1.807) is 6.07 Å². The zero-order valence-electron chi connectivity index (χ0n) is 10.8. The van der Waals surface area contributed by atoms with Gasteiger partial charge in [-0.3, -0.25) is 4.79 Å². The summed E-state index contributed by atoms with van der Waals surface area (Å²) < 4.78 is 18.7. The molecule has 0 fully saturated rings. The van der Waals surface area contributed by atoms with Gasteiger partial charge in [-0.15, -0.1) is 0 Å². The van der Waals surface area contributed by atoms with E-state index in [4.69, 9.17) is 4.74 Å². The third kappa shape index (κ3) is 2.64. The number of carbonyl (C=O) groups is 1. The van der Waals surface area contributed by atoms with Crippen LogP contribution in [-0.4, -0.2) is 12.5 Å². The average Bonchev–Trinajstić information content (AvgIpc) is 2.82. The predicted octanol–water partition coefficient (Wildman–Crippen LogP) is 2.62. The molecule has 3 rings (SSSR count). The highest BCUT2D eigenvalue weighted by Crippen LogP contribution is 2.32. The average molecular weight is 271 g/mol. The van der Waals surface area contributed by atoms with Crippen LogP contribution in [0.5, 0.6) is 5.75 Å². The number of fused-ring (bicyclic) bond motifs is 1. The first-order valence-electron chi connectivity index (χ1n) is 6.48. The number of rotatable bonds is 3. The van der Waals surface area contributed by atoms with Crippen molar-refractivity contribution in [3.05, 3.63) is 65.5 Å². The molecule has 0 spiro atoms. The summed E-state index contributed by atoms with van der Waals surface area (Å²) in [4.78, 5) is 12.0. The van der Waals surface area contributed by atoms with Gasteiger partial charge in [-0.05, 0) is 23.8 Å². The number of halogens is 1. The second-order valence-electron chi connectivity index (χ2n) is 4.78. The van der Waals surface area contributed by atoms with Crippen molar-refractivity contribution >= 4 is 5.91 Å². The molecule has 1 N–H and O–H groups in total. The van der Waals surface area contributed by atoms with Gasteiger partial charge in [-0.25, -0.2) is 4.39 Å². The molecule has 4 heteroatoms. The Bertz CT molecular complexity index is 628. The fraction of sp³-hybridized carbons (Fsp3) is 0.188. The maximum atomic E-state index is 13.3. The molecule has 0 saturated carbocycles. The lowest BCUT2D eigenvalue weighted by Gasteiger charge is -2.11. The van der Waals surface area contributed by atoms with Crippen molar-refractivity contribution in [1.29, 1.82) is 0 Å². The molecular weight excluding hydrogens is 257 g/mol. The highest BCUT2D eigenvalue weighted by atomic mass is 19.1. The van der Waals surface area contributed by atoms with Gasteiger partial charge in [-0.1, -0.05) is 30.3 Å². The number of hydrogen-bond acceptors (Lipinski definition) is 2. The molecule has 20 heavy (non-hydrogen) atoms. The lowest BCUT2D eigenvalue weighted by atomic mass is 10.1. The quantitative estimate of drug-likeness (QED) is 0.932. The summed E-state index contributed by atoms with van der Waals surface area (Å²) in [6.45, 7) is 0.347. The minimum Gasteiger partial charge on any atom is -0.491 e. The standard InChI is InChI=1S/C16H14FNO2/c17-12-6-7-15-13(9-12)14(10-20-15)18-16(19)8-11-4-2-1-3-5-11/h1-7,9,14H,8,10H2,(H,18,19). The van der Waals surface area contributed by atoms with E-state index in [9.17, 15) is 9.18 Å². The van der Waals surface area contributed by atoms with Gasteiger partial charge < -0.3 is 10.1 Å². The Balaban J connectivity index is 1.68. The summed E-state index contributed by atoms with van der Waals surface area (Å²) >= 11 is 0. The molecule has 0 radical (unpaired) electrons. The van der Waals surface area contributed by atoms with Crippen molar-refractivity contribution in [2.75, 3.05) is 6.61 Å². The summed E-state index contributed by atoms with van der Waals surface area (Å²) in [5.41, 5.74) is 1.65. The summed E-state index contributed by atoms with van der Waals surface area (Å²) in [6.07, 6.45) is 0.308. The SMILES string of the molecule is O=C(Cc1ccccc1)NC1COc2ccc(F)cc21. The molecule has 0 aliphatic carbocycles. The van der Waals surface area contributed by atoms with Gasteiger partial charge in [0.2, 0.25) is 5.91 Å². The largest absolute Gasteiger partial charge is 0.491 e. The van der Waals surface area contributed by atoms with E-state index < -0.39 is 0 Å². The molecule has 1 aliphatic rings. The van der Waals surface area contributed by atoms with Crippen LogP contribution in [0.25, 0.3) is 0 Å². The van der Waals surface area contributed by atoms with E-state index in [0.717, 1.165) is 5.56 Å². The van der Waals surface area contributed by atoms with Crippen molar-refractivity contribution in [3.8, 4) is 5.75 Å². The fourth-order valence-electron chi connectivity index (χ4n) is 2.33. The third-order valence-electron chi connectivity index (χ3n) is 3.30. The molecule has 0 aromatic heterocycles. The number of ether oxygens (including phenoxy) is 1. The van der Waals surface area contributed by atoms with E-state index in [1.807, 2.05) is 30.3 Å². The smallest absolute Gasteiger partial charge is 0.225 e. The number of hydrogen-bond donors (Lipinski definition) is 1. The predicted molar refractivity (Wildman–Crippen MR) is 72.9 cm³/mol. The molecule has 3 nitrogen and oxygen atoms in total. The van der Waals surface area contributed by atoms with Crippen LogP contribution in [0.4, 0.5) is 4.39 Å². The lowest BCUT2D eigenvalue weighted by Crippen LogP contribution is -2.30. The highest BCUT2D eigenvalue weighted by molar-refractivity contribution is 5.79. The van der Waals surface area contributed by atoms with Gasteiger partial charge in [-0.2, -0.15) is 0 Å². The Morgan fingerprint density at radius 2 is 2.05 bits per heavy atom. The Labute approximate surface area is 116 Å². The van der Waals surface area contributed by atoms with Gasteiger partial charge in [0, 0.05) is 5.56 Å². The van der Waals surface area contributed by atoms with Crippen molar-refractivity contribution < 1.29 is 13.9 Å². The van der Waals surface area contributed by atoms with Crippen molar-refractivity contribution in [2.45, 2.75) is 12.5 Å². The molecular formula is C16H14FNO2. The Morgan fingerprint density at radius 1 is 1.25 bits per heavy atom. The van der Waals surface area contributed by atoms with E-state index >= 15 is 0 Å². The highest BCUT2D eigenvalue weighted by Gasteiger charge is 2.25. The van der Waals surface area contributed by atoms with Crippen molar-refractivity contribution in [3.63, 3.8) is 0 Å². The second kappa shape index (κ2) is 5.33. The molecule has 2 aromatic carbocycles. The Morgan fingerprint density at radius 3 is 2.85 bits per heavy atom. The van der Waals surface area contributed by atoms with Crippen LogP contribution in [0.3, 0.4) is 0 Å². The van der Waals surface area contributed by atoms with E-state index in [2.05, 4.69) is 5.32 Å². The molecule has 1 atom stereocenters. The van der Waals surface area contributed by atoms with E-state index in [-0.39, 0.29) is 17.8 Å². The van der Waals surface area contributed by atoms with Crippen LogP contribution >= 0.6 is 0 Å². The molecule has 0 saturated heterocycles. The fourth-order valence-corrected chi connectivity index (χ4v) is 2.33. The number of amides is 1. The normalized spacial score (nSPS) is 16.4. The minimum atomic E-state index is -0.323. The first-order chi connectivity index (χ1) is 9.72. The minimum absolute atomic E-state index is 0.0955. The van der Waals surface area contributed by atoms with Crippen LogP contribution in [0.15, 0.2) is 48.5 Å². The monoisotopic (exact) mass is 271 g/mol. The maximum absolute atomic E-state index is 13.3. The second-order valence-corrected chi connectivity index (χ2v) is 4.78. The lowest BCUT2D eigenvalue weighted by molar-refractivity contribution is -0.121. The molecule has 1 aliphatic heterocycles. The summed E-state index contributed by atoms with van der Waals surface area (Å²) in [6, 6.07) is 13.6. The van der Waals surface area contributed by atoms with Crippen LogP contribution in [-0.2, 0) is 11.2 Å². The molecule has 0 bridgehead atoms. The summed E-state index contributed by atoms with van der Waals surface area (Å²) in [7, 11) is 0. The first-order valence-corrected chi connectivity index (χ1v) is 6.48. The Hall–Kier alpha value is -2.36. The van der Waals surface area contributed by atoms with Crippen LogP contribution in [0.1, 0.15) is 17.2 Å². The van der Waals surface area contributed by atoms with E-state index in [1.165, 1.54) is 12.1 Å². The maximum Gasteiger partial charge on any atom is 0.225 e. The molecule has 102 valence electrons.